The van der Waals surface area contributed by atoms with Crippen molar-refractivity contribution >= 4 is 17.7 Å². The van der Waals surface area contributed by atoms with Gasteiger partial charge in [0.05, 0.1) is 6.04 Å². The minimum atomic E-state index is -1.28. The Bertz CT molecular complexity index is 549. The van der Waals surface area contributed by atoms with Crippen molar-refractivity contribution in [3.8, 4) is 18.1 Å². The Labute approximate surface area is 116 Å². The molecule has 6 heteroatoms. The first-order chi connectivity index (χ1) is 9.47. The second kappa shape index (κ2) is 7.04. The van der Waals surface area contributed by atoms with Crippen molar-refractivity contribution in [3.05, 3.63) is 23.8 Å². The normalized spacial score (nSPS) is 11.2. The van der Waals surface area contributed by atoms with Gasteiger partial charge in [-0.1, -0.05) is 19.3 Å². The van der Waals surface area contributed by atoms with Crippen LogP contribution in [0, 0.1) is 12.3 Å². The van der Waals surface area contributed by atoms with Crippen LogP contribution in [0.3, 0.4) is 0 Å². The molecular formula is C14H16N2O4. The Morgan fingerprint density at radius 1 is 1.45 bits per heavy atom. The summed E-state index contributed by atoms with van der Waals surface area (Å²) in [4.78, 5) is 22.5. The number of benzene rings is 1. The topological polar surface area (TPSA) is 98.7 Å². The van der Waals surface area contributed by atoms with Crippen molar-refractivity contribution in [3.63, 3.8) is 0 Å². The molecular weight excluding hydrogens is 260 g/mol. The molecule has 1 unspecified atom stereocenters. The third-order valence-corrected chi connectivity index (χ3v) is 2.57. The van der Waals surface area contributed by atoms with Crippen molar-refractivity contribution < 1.29 is 19.8 Å². The van der Waals surface area contributed by atoms with E-state index in [1.807, 2.05) is 6.92 Å². The van der Waals surface area contributed by atoms with E-state index in [4.69, 9.17) is 11.5 Å². The molecule has 20 heavy (non-hydrogen) atoms. The van der Waals surface area contributed by atoms with Crippen LogP contribution in [0.5, 0.6) is 5.75 Å². The third kappa shape index (κ3) is 4.21. The summed E-state index contributed by atoms with van der Waals surface area (Å²) in [5.41, 5.74) is -0.0326. The van der Waals surface area contributed by atoms with Gasteiger partial charge < -0.3 is 20.8 Å². The number of amides is 2. The summed E-state index contributed by atoms with van der Waals surface area (Å²) < 4.78 is 0. The summed E-state index contributed by atoms with van der Waals surface area (Å²) in [6, 6.07) is 2.86. The van der Waals surface area contributed by atoms with E-state index in [-0.39, 0.29) is 23.0 Å². The summed E-state index contributed by atoms with van der Waals surface area (Å²) in [6.07, 6.45) is 6.76. The number of carboxylic acid groups (broad SMARTS) is 1. The zero-order valence-corrected chi connectivity index (χ0v) is 11.0. The van der Waals surface area contributed by atoms with E-state index in [1.165, 1.54) is 18.2 Å². The van der Waals surface area contributed by atoms with E-state index >= 15 is 0 Å². The van der Waals surface area contributed by atoms with Crippen molar-refractivity contribution in [2.75, 3.05) is 5.32 Å². The molecule has 0 fully saturated rings. The van der Waals surface area contributed by atoms with Gasteiger partial charge in [0.15, 0.2) is 0 Å². The molecule has 106 valence electrons. The van der Waals surface area contributed by atoms with E-state index in [2.05, 4.69) is 16.6 Å². The zero-order chi connectivity index (χ0) is 15.1. The largest absolute Gasteiger partial charge is 0.507 e. The number of carbonyl (C=O) groups is 2. The van der Waals surface area contributed by atoms with Gasteiger partial charge in [-0.3, -0.25) is 0 Å². The number of terminal acetylenes is 1. The first-order valence-corrected chi connectivity index (χ1v) is 6.07. The van der Waals surface area contributed by atoms with Gasteiger partial charge in [0.25, 0.3) is 0 Å². The van der Waals surface area contributed by atoms with Gasteiger partial charge in [-0.15, -0.1) is 6.42 Å². The lowest BCUT2D eigenvalue weighted by Gasteiger charge is -2.13. The average molecular weight is 276 g/mol. The highest BCUT2D eigenvalue weighted by Crippen LogP contribution is 2.21. The van der Waals surface area contributed by atoms with Crippen LogP contribution in [0.4, 0.5) is 10.5 Å². The SMILES string of the molecule is C#CC(CCC)NC(=O)Nc1ccc(O)c(C(=O)O)c1. The number of carboxylic acids is 1. The molecule has 0 aliphatic rings. The molecule has 0 saturated carbocycles. The summed E-state index contributed by atoms with van der Waals surface area (Å²) in [6.45, 7) is 1.95. The average Bonchev–Trinajstić information content (AvgIpc) is 2.40. The molecule has 1 aromatic carbocycles. The maximum atomic E-state index is 11.7. The molecule has 0 aromatic heterocycles. The monoisotopic (exact) mass is 276 g/mol. The molecule has 4 N–H and O–H groups in total. The van der Waals surface area contributed by atoms with Crippen molar-refractivity contribution in [2.24, 2.45) is 0 Å². The summed E-state index contributed by atoms with van der Waals surface area (Å²) in [5.74, 6) is 0.809. The van der Waals surface area contributed by atoms with Gasteiger partial charge in [-0.05, 0) is 24.6 Å². The number of phenols is 1. The Kier molecular flexibility index (Phi) is 5.42. The van der Waals surface area contributed by atoms with Crippen LogP contribution >= 0.6 is 0 Å². The predicted octanol–water partition coefficient (Wildman–Crippen LogP) is 2.01. The van der Waals surface area contributed by atoms with Gasteiger partial charge in [0.1, 0.15) is 11.3 Å². The molecule has 0 bridgehead atoms. The first-order valence-electron chi connectivity index (χ1n) is 6.07. The maximum absolute atomic E-state index is 11.7. The fraction of sp³-hybridized carbons (Fsp3) is 0.286. The molecule has 0 saturated heterocycles. The van der Waals surface area contributed by atoms with Crippen LogP contribution < -0.4 is 10.6 Å². The van der Waals surface area contributed by atoms with Crippen LogP contribution in [0.25, 0.3) is 0 Å². The molecule has 1 aromatic rings. The number of urea groups is 1. The fourth-order valence-electron chi connectivity index (χ4n) is 1.60. The lowest BCUT2D eigenvalue weighted by molar-refractivity contribution is 0.0693. The van der Waals surface area contributed by atoms with Crippen molar-refractivity contribution in [1.82, 2.24) is 5.32 Å². The molecule has 1 atom stereocenters. The smallest absolute Gasteiger partial charge is 0.339 e. The van der Waals surface area contributed by atoms with Crippen LogP contribution in [-0.2, 0) is 0 Å². The molecule has 6 nitrogen and oxygen atoms in total. The summed E-state index contributed by atoms with van der Waals surface area (Å²) in [5, 5.41) is 23.3. The van der Waals surface area contributed by atoms with Gasteiger partial charge in [-0.25, -0.2) is 9.59 Å². The Hall–Kier alpha value is -2.68. The van der Waals surface area contributed by atoms with Gasteiger partial charge in [0.2, 0.25) is 0 Å². The Morgan fingerprint density at radius 3 is 2.70 bits per heavy atom. The highest BCUT2D eigenvalue weighted by Gasteiger charge is 2.12. The third-order valence-electron chi connectivity index (χ3n) is 2.57. The molecule has 0 heterocycles. The van der Waals surface area contributed by atoms with E-state index in [0.29, 0.717) is 6.42 Å². The second-order valence-electron chi connectivity index (χ2n) is 4.14. The minimum Gasteiger partial charge on any atom is -0.507 e. The second-order valence-corrected chi connectivity index (χ2v) is 4.14. The highest BCUT2D eigenvalue weighted by molar-refractivity contribution is 5.95. The predicted molar refractivity (Wildman–Crippen MR) is 74.7 cm³/mol. The number of aromatic hydroxyl groups is 1. The number of carbonyl (C=O) groups excluding carboxylic acids is 1. The number of hydrogen-bond donors (Lipinski definition) is 4. The minimum absolute atomic E-state index is 0.255. The van der Waals surface area contributed by atoms with E-state index in [0.717, 1.165) is 6.42 Å². The van der Waals surface area contributed by atoms with E-state index < -0.39 is 12.0 Å². The Morgan fingerprint density at radius 2 is 2.15 bits per heavy atom. The van der Waals surface area contributed by atoms with E-state index in [1.54, 1.807) is 0 Å². The highest BCUT2D eigenvalue weighted by atomic mass is 16.4. The standard InChI is InChI=1S/C14H16N2O4/c1-3-5-9(4-2)15-14(20)16-10-6-7-12(17)11(8-10)13(18)19/h2,6-9,17H,3,5H2,1H3,(H,18,19)(H2,15,16,20). The maximum Gasteiger partial charge on any atom is 0.339 e. The Balaban J connectivity index is 2.74. The number of hydrogen-bond acceptors (Lipinski definition) is 3. The molecule has 2 amide bonds. The molecule has 0 aliphatic heterocycles. The first kappa shape index (κ1) is 15.4. The number of rotatable bonds is 5. The van der Waals surface area contributed by atoms with E-state index in [9.17, 15) is 14.7 Å². The molecule has 0 aliphatic carbocycles. The van der Waals surface area contributed by atoms with Gasteiger partial charge in [0, 0.05) is 5.69 Å². The van der Waals surface area contributed by atoms with Crippen LogP contribution in [0.15, 0.2) is 18.2 Å². The number of aromatic carboxylic acids is 1. The van der Waals surface area contributed by atoms with Crippen molar-refractivity contribution in [2.45, 2.75) is 25.8 Å². The fourth-order valence-corrected chi connectivity index (χ4v) is 1.60. The molecule has 0 radical (unpaired) electrons. The summed E-state index contributed by atoms with van der Waals surface area (Å²) >= 11 is 0. The summed E-state index contributed by atoms with van der Waals surface area (Å²) in [7, 11) is 0. The number of nitrogens with one attached hydrogen (secondary N) is 2. The quantitative estimate of drug-likeness (QED) is 0.488. The molecule has 0 spiro atoms. The zero-order valence-electron chi connectivity index (χ0n) is 11.0. The number of anilines is 1. The van der Waals surface area contributed by atoms with Gasteiger partial charge in [-0.2, -0.15) is 0 Å². The lowest BCUT2D eigenvalue weighted by Crippen LogP contribution is -2.37. The molecule has 1 rings (SSSR count). The van der Waals surface area contributed by atoms with Crippen molar-refractivity contribution in [1.29, 1.82) is 0 Å². The van der Waals surface area contributed by atoms with Crippen LogP contribution in [0.1, 0.15) is 30.1 Å². The lowest BCUT2D eigenvalue weighted by atomic mass is 10.1. The van der Waals surface area contributed by atoms with Crippen LogP contribution in [-0.4, -0.2) is 28.3 Å². The van der Waals surface area contributed by atoms with Crippen LogP contribution in [0.2, 0.25) is 0 Å². The van der Waals surface area contributed by atoms with Gasteiger partial charge >= 0.3 is 12.0 Å².